The van der Waals surface area contributed by atoms with Gasteiger partial charge in [-0.15, -0.1) is 0 Å². The zero-order valence-corrected chi connectivity index (χ0v) is 7.81. The Morgan fingerprint density at radius 2 is 2.31 bits per heavy atom. The quantitative estimate of drug-likeness (QED) is 0.698. The van der Waals surface area contributed by atoms with Crippen molar-refractivity contribution in [3.8, 4) is 0 Å². The Kier molecular flexibility index (Phi) is 2.32. The van der Waals surface area contributed by atoms with Crippen molar-refractivity contribution in [3.05, 3.63) is 35.1 Å². The van der Waals surface area contributed by atoms with E-state index >= 15 is 0 Å². The van der Waals surface area contributed by atoms with Crippen molar-refractivity contribution in [3.63, 3.8) is 0 Å². The molecule has 1 N–H and O–H groups in total. The van der Waals surface area contributed by atoms with Crippen LogP contribution >= 0.6 is 0 Å². The number of halogens is 1. The fraction of sp³-hybridized carbons (Fsp3) is 0.455. The first-order valence-electron chi connectivity index (χ1n) is 4.77. The molecule has 0 amide bonds. The highest BCUT2D eigenvalue weighted by Gasteiger charge is 2.16. The van der Waals surface area contributed by atoms with Crippen molar-refractivity contribution >= 4 is 0 Å². The molecule has 0 aliphatic carbocycles. The predicted octanol–water partition coefficient (Wildman–Crippen LogP) is 2.56. The summed E-state index contributed by atoms with van der Waals surface area (Å²) in [5.74, 6) is -0.109. The second-order valence-corrected chi connectivity index (χ2v) is 3.66. The molecular formula is C11H14FN. The topological polar surface area (TPSA) is 12.0 Å². The molecule has 0 unspecified atom stereocenters. The van der Waals surface area contributed by atoms with Crippen LogP contribution in [0.5, 0.6) is 0 Å². The van der Waals surface area contributed by atoms with Crippen molar-refractivity contribution in [2.24, 2.45) is 0 Å². The Morgan fingerprint density at radius 3 is 2.92 bits per heavy atom. The van der Waals surface area contributed by atoms with Crippen LogP contribution in [0.1, 0.15) is 30.0 Å². The third kappa shape index (κ3) is 1.73. The van der Waals surface area contributed by atoms with E-state index in [1.807, 2.05) is 19.1 Å². The Balaban J connectivity index is 2.25. The van der Waals surface area contributed by atoms with Crippen molar-refractivity contribution < 1.29 is 4.39 Å². The molecule has 1 aromatic rings. The first kappa shape index (κ1) is 8.70. The molecular weight excluding hydrogens is 165 g/mol. The average molecular weight is 179 g/mol. The standard InChI is InChI=1S/C11H14FN/c1-8-7-9(4-5-10(8)12)11-3-2-6-13-11/h4-5,7,11,13H,2-3,6H2,1H3/t11-/m0/s1. The minimum Gasteiger partial charge on any atom is -0.310 e. The third-order valence-corrected chi connectivity index (χ3v) is 2.64. The summed E-state index contributed by atoms with van der Waals surface area (Å²) in [5, 5.41) is 3.40. The van der Waals surface area contributed by atoms with Crippen LogP contribution in [0.3, 0.4) is 0 Å². The molecule has 13 heavy (non-hydrogen) atoms. The molecule has 1 nitrogen and oxygen atoms in total. The summed E-state index contributed by atoms with van der Waals surface area (Å²) in [6.07, 6.45) is 2.40. The minimum atomic E-state index is -0.109. The molecule has 0 bridgehead atoms. The van der Waals surface area contributed by atoms with Crippen LogP contribution in [0.25, 0.3) is 0 Å². The van der Waals surface area contributed by atoms with E-state index in [2.05, 4.69) is 5.32 Å². The lowest BCUT2D eigenvalue weighted by atomic mass is 10.0. The van der Waals surface area contributed by atoms with Gasteiger partial charge in [0.15, 0.2) is 0 Å². The maximum atomic E-state index is 13.0. The molecule has 0 aromatic heterocycles. The summed E-state index contributed by atoms with van der Waals surface area (Å²) >= 11 is 0. The Hall–Kier alpha value is -0.890. The fourth-order valence-corrected chi connectivity index (χ4v) is 1.85. The normalized spacial score (nSPS) is 22.2. The van der Waals surface area contributed by atoms with Gasteiger partial charge in [0.1, 0.15) is 5.82 Å². The average Bonchev–Trinajstić information content (AvgIpc) is 2.62. The Labute approximate surface area is 78.0 Å². The molecule has 1 aliphatic heterocycles. The van der Waals surface area contributed by atoms with Gasteiger partial charge in [0, 0.05) is 6.04 Å². The van der Waals surface area contributed by atoms with Crippen LogP contribution in [0.2, 0.25) is 0 Å². The second kappa shape index (κ2) is 3.46. The third-order valence-electron chi connectivity index (χ3n) is 2.64. The zero-order valence-electron chi connectivity index (χ0n) is 7.81. The van der Waals surface area contributed by atoms with Crippen molar-refractivity contribution in [1.29, 1.82) is 0 Å². The molecule has 2 rings (SSSR count). The van der Waals surface area contributed by atoms with Gasteiger partial charge in [-0.25, -0.2) is 4.39 Å². The van der Waals surface area contributed by atoms with Crippen LogP contribution in [0.4, 0.5) is 4.39 Å². The Bertz CT molecular complexity index is 303. The lowest BCUT2D eigenvalue weighted by Crippen LogP contribution is -2.12. The maximum absolute atomic E-state index is 13.0. The zero-order chi connectivity index (χ0) is 9.26. The monoisotopic (exact) mass is 179 g/mol. The predicted molar refractivity (Wildman–Crippen MR) is 51.1 cm³/mol. The molecule has 1 aromatic carbocycles. The van der Waals surface area contributed by atoms with Gasteiger partial charge in [0.05, 0.1) is 0 Å². The second-order valence-electron chi connectivity index (χ2n) is 3.66. The fourth-order valence-electron chi connectivity index (χ4n) is 1.85. The SMILES string of the molecule is Cc1cc([C@@H]2CCCN2)ccc1F. The van der Waals surface area contributed by atoms with Gasteiger partial charge in [0.25, 0.3) is 0 Å². The first-order valence-corrected chi connectivity index (χ1v) is 4.77. The first-order chi connectivity index (χ1) is 6.27. The van der Waals surface area contributed by atoms with E-state index in [1.165, 1.54) is 18.4 Å². The van der Waals surface area contributed by atoms with E-state index in [9.17, 15) is 4.39 Å². The Morgan fingerprint density at radius 1 is 1.46 bits per heavy atom. The molecule has 0 spiro atoms. The smallest absolute Gasteiger partial charge is 0.126 e. The molecule has 2 heteroatoms. The lowest BCUT2D eigenvalue weighted by molar-refractivity contribution is 0.609. The van der Waals surface area contributed by atoms with Crippen LogP contribution in [-0.2, 0) is 0 Å². The molecule has 0 radical (unpaired) electrons. The number of aryl methyl sites for hydroxylation is 1. The largest absolute Gasteiger partial charge is 0.310 e. The summed E-state index contributed by atoms with van der Waals surface area (Å²) in [4.78, 5) is 0. The van der Waals surface area contributed by atoms with Gasteiger partial charge in [-0.1, -0.05) is 12.1 Å². The van der Waals surface area contributed by atoms with Gasteiger partial charge in [-0.2, -0.15) is 0 Å². The number of benzene rings is 1. The highest BCUT2D eigenvalue weighted by atomic mass is 19.1. The summed E-state index contributed by atoms with van der Waals surface area (Å²) in [6, 6.07) is 5.83. The lowest BCUT2D eigenvalue weighted by Gasteiger charge is -2.11. The molecule has 0 saturated carbocycles. The molecule has 1 atom stereocenters. The molecule has 70 valence electrons. The van der Waals surface area contributed by atoms with Gasteiger partial charge in [0.2, 0.25) is 0 Å². The van der Waals surface area contributed by atoms with Crippen LogP contribution < -0.4 is 5.32 Å². The van der Waals surface area contributed by atoms with Crippen molar-refractivity contribution in [2.45, 2.75) is 25.8 Å². The highest BCUT2D eigenvalue weighted by molar-refractivity contribution is 5.26. The van der Waals surface area contributed by atoms with Crippen molar-refractivity contribution in [1.82, 2.24) is 5.32 Å². The highest BCUT2D eigenvalue weighted by Crippen LogP contribution is 2.24. The van der Waals surface area contributed by atoms with Gasteiger partial charge in [-0.3, -0.25) is 0 Å². The van der Waals surface area contributed by atoms with Gasteiger partial charge >= 0.3 is 0 Å². The summed E-state index contributed by atoms with van der Waals surface area (Å²) in [5.41, 5.74) is 1.96. The summed E-state index contributed by atoms with van der Waals surface area (Å²) in [6.45, 7) is 2.90. The summed E-state index contributed by atoms with van der Waals surface area (Å²) < 4.78 is 13.0. The maximum Gasteiger partial charge on any atom is 0.126 e. The molecule has 1 heterocycles. The van der Waals surface area contributed by atoms with Crippen molar-refractivity contribution in [2.75, 3.05) is 6.54 Å². The van der Waals surface area contributed by atoms with E-state index in [0.29, 0.717) is 6.04 Å². The number of hydrogen-bond acceptors (Lipinski definition) is 1. The summed E-state index contributed by atoms with van der Waals surface area (Å²) in [7, 11) is 0. The molecule has 1 aliphatic rings. The van der Waals surface area contributed by atoms with E-state index in [0.717, 1.165) is 12.1 Å². The number of nitrogens with one attached hydrogen (secondary N) is 1. The van der Waals surface area contributed by atoms with Gasteiger partial charge in [-0.05, 0) is 43.5 Å². The van der Waals surface area contributed by atoms with E-state index in [4.69, 9.17) is 0 Å². The number of rotatable bonds is 1. The van der Waals surface area contributed by atoms with E-state index in [-0.39, 0.29) is 5.82 Å². The van der Waals surface area contributed by atoms with E-state index < -0.39 is 0 Å². The molecule has 1 saturated heterocycles. The molecule has 1 fully saturated rings. The van der Waals surface area contributed by atoms with Crippen LogP contribution in [0.15, 0.2) is 18.2 Å². The van der Waals surface area contributed by atoms with Crippen LogP contribution in [-0.4, -0.2) is 6.54 Å². The van der Waals surface area contributed by atoms with Gasteiger partial charge < -0.3 is 5.32 Å². The van der Waals surface area contributed by atoms with Crippen LogP contribution in [0, 0.1) is 12.7 Å². The minimum absolute atomic E-state index is 0.109. The van der Waals surface area contributed by atoms with E-state index in [1.54, 1.807) is 6.07 Å². The number of hydrogen-bond donors (Lipinski definition) is 1.